The van der Waals surface area contributed by atoms with Crippen molar-refractivity contribution in [1.29, 1.82) is 0 Å². The zero-order chi connectivity index (χ0) is 21.3. The van der Waals surface area contributed by atoms with Gasteiger partial charge in [-0.1, -0.05) is 41.9 Å². The number of nitrogens with one attached hydrogen (secondary N) is 1. The number of amides is 1. The highest BCUT2D eigenvalue weighted by Crippen LogP contribution is 2.26. The van der Waals surface area contributed by atoms with E-state index in [1.807, 2.05) is 63.2 Å². The van der Waals surface area contributed by atoms with Crippen molar-refractivity contribution in [1.82, 2.24) is 14.5 Å². The molecule has 0 aliphatic carbocycles. The van der Waals surface area contributed by atoms with Crippen molar-refractivity contribution in [3.8, 4) is 0 Å². The first-order chi connectivity index (χ1) is 14.3. The van der Waals surface area contributed by atoms with E-state index in [-0.39, 0.29) is 12.1 Å². The number of ether oxygens (including phenoxy) is 1. The van der Waals surface area contributed by atoms with Crippen LogP contribution >= 0.6 is 11.6 Å². The lowest BCUT2D eigenvalue weighted by Crippen LogP contribution is -2.36. The number of carbonyl (C=O) groups is 1. The van der Waals surface area contributed by atoms with Crippen molar-refractivity contribution in [2.24, 2.45) is 0 Å². The van der Waals surface area contributed by atoms with E-state index < -0.39 is 5.60 Å². The number of anilines is 1. The molecule has 0 spiro atoms. The first-order valence-electron chi connectivity index (χ1n) is 10.2. The highest BCUT2D eigenvalue weighted by Gasteiger charge is 2.30. The fourth-order valence-corrected chi connectivity index (χ4v) is 3.89. The van der Waals surface area contributed by atoms with Gasteiger partial charge in [0, 0.05) is 24.2 Å². The Labute approximate surface area is 181 Å². The van der Waals surface area contributed by atoms with E-state index in [0.29, 0.717) is 19.6 Å². The lowest BCUT2D eigenvalue weighted by molar-refractivity contribution is 0.0293. The predicted molar refractivity (Wildman–Crippen MR) is 120 cm³/mol. The molecule has 0 saturated carbocycles. The van der Waals surface area contributed by atoms with Crippen LogP contribution in [0.1, 0.15) is 32.8 Å². The number of benzene rings is 2. The van der Waals surface area contributed by atoms with Gasteiger partial charge < -0.3 is 19.5 Å². The number of aromatic nitrogens is 2. The Morgan fingerprint density at radius 1 is 1.20 bits per heavy atom. The van der Waals surface area contributed by atoms with Gasteiger partial charge in [-0.05, 0) is 51.0 Å². The van der Waals surface area contributed by atoms with Crippen molar-refractivity contribution in [3.63, 3.8) is 0 Å². The smallest absolute Gasteiger partial charge is 0.410 e. The predicted octanol–water partition coefficient (Wildman–Crippen LogP) is 5.16. The number of imidazole rings is 1. The van der Waals surface area contributed by atoms with Gasteiger partial charge in [0.2, 0.25) is 5.95 Å². The molecule has 1 aliphatic heterocycles. The minimum atomic E-state index is -0.495. The Morgan fingerprint density at radius 2 is 1.93 bits per heavy atom. The van der Waals surface area contributed by atoms with Crippen LogP contribution in [0.5, 0.6) is 0 Å². The molecule has 2 heterocycles. The SMILES string of the molecule is CC(C)(C)OC(=O)N1CC[C@@H](Nc2nc3ccccc3n2Cc2ccccc2Cl)C1. The van der Waals surface area contributed by atoms with Gasteiger partial charge >= 0.3 is 6.09 Å². The minimum Gasteiger partial charge on any atom is -0.444 e. The summed E-state index contributed by atoms with van der Waals surface area (Å²) in [5.74, 6) is 0.784. The summed E-state index contributed by atoms with van der Waals surface area (Å²) in [5.41, 5.74) is 2.51. The van der Waals surface area contributed by atoms with Crippen LogP contribution in [0.15, 0.2) is 48.5 Å². The van der Waals surface area contributed by atoms with Crippen LogP contribution in [0.4, 0.5) is 10.7 Å². The Hall–Kier alpha value is -2.73. The fraction of sp³-hybridized carbons (Fsp3) is 0.391. The van der Waals surface area contributed by atoms with E-state index in [1.165, 1.54) is 0 Å². The molecule has 2 aromatic carbocycles. The second kappa shape index (κ2) is 8.19. The Morgan fingerprint density at radius 3 is 2.70 bits per heavy atom. The molecule has 1 aromatic heterocycles. The zero-order valence-electron chi connectivity index (χ0n) is 17.6. The van der Waals surface area contributed by atoms with Gasteiger partial charge in [0.25, 0.3) is 0 Å². The first kappa shape index (κ1) is 20.5. The molecule has 1 fully saturated rings. The number of hydrogen-bond donors (Lipinski definition) is 1. The lowest BCUT2D eigenvalue weighted by atomic mass is 10.2. The summed E-state index contributed by atoms with van der Waals surface area (Å²) in [6.45, 7) is 7.52. The Bertz CT molecular complexity index is 1060. The topological polar surface area (TPSA) is 59.4 Å². The number of rotatable bonds is 4. The largest absolute Gasteiger partial charge is 0.444 e. The number of halogens is 1. The van der Waals surface area contributed by atoms with Crippen molar-refractivity contribution >= 4 is 34.7 Å². The normalized spacial score (nSPS) is 16.8. The van der Waals surface area contributed by atoms with Crippen LogP contribution in [-0.4, -0.2) is 45.3 Å². The molecule has 30 heavy (non-hydrogen) atoms. The molecule has 1 saturated heterocycles. The summed E-state index contributed by atoms with van der Waals surface area (Å²) in [5, 5.41) is 4.28. The summed E-state index contributed by atoms with van der Waals surface area (Å²) < 4.78 is 7.65. The molecule has 1 amide bonds. The standard InChI is InChI=1S/C23H27ClN4O2/c1-23(2,3)30-22(29)27-13-12-17(15-27)25-21-26-19-10-6-7-11-20(19)28(21)14-16-8-4-5-9-18(16)24/h4-11,17H,12-15H2,1-3H3,(H,25,26)/t17-/m1/s1. The van der Waals surface area contributed by atoms with E-state index in [4.69, 9.17) is 21.3 Å². The molecule has 0 radical (unpaired) electrons. The summed E-state index contributed by atoms with van der Waals surface area (Å²) >= 11 is 6.41. The monoisotopic (exact) mass is 426 g/mol. The average Bonchev–Trinajstić information content (AvgIpc) is 3.28. The number of fused-ring (bicyclic) bond motifs is 1. The zero-order valence-corrected chi connectivity index (χ0v) is 18.3. The molecule has 1 N–H and O–H groups in total. The van der Waals surface area contributed by atoms with Gasteiger partial charge in [-0.15, -0.1) is 0 Å². The average molecular weight is 427 g/mol. The summed E-state index contributed by atoms with van der Waals surface area (Å²) in [6.07, 6.45) is 0.575. The van der Waals surface area contributed by atoms with E-state index in [1.54, 1.807) is 4.90 Å². The molecule has 4 rings (SSSR count). The van der Waals surface area contributed by atoms with Crippen molar-refractivity contribution in [2.45, 2.75) is 45.4 Å². The lowest BCUT2D eigenvalue weighted by Gasteiger charge is -2.24. The minimum absolute atomic E-state index is 0.110. The molecule has 1 aliphatic rings. The van der Waals surface area contributed by atoms with Crippen LogP contribution in [0, 0.1) is 0 Å². The van der Waals surface area contributed by atoms with Crippen LogP contribution in [0.25, 0.3) is 11.0 Å². The quantitative estimate of drug-likeness (QED) is 0.626. The van der Waals surface area contributed by atoms with Gasteiger partial charge in [0.15, 0.2) is 0 Å². The van der Waals surface area contributed by atoms with Gasteiger partial charge in [-0.2, -0.15) is 0 Å². The van der Waals surface area contributed by atoms with Crippen molar-refractivity contribution in [3.05, 3.63) is 59.1 Å². The third kappa shape index (κ3) is 4.54. The second-order valence-corrected chi connectivity index (χ2v) is 9.07. The number of hydrogen-bond acceptors (Lipinski definition) is 4. The first-order valence-corrected chi connectivity index (χ1v) is 10.6. The molecule has 158 valence electrons. The maximum atomic E-state index is 12.4. The Balaban J connectivity index is 1.55. The molecule has 0 bridgehead atoms. The molecule has 3 aromatic rings. The molecular formula is C23H27ClN4O2. The van der Waals surface area contributed by atoms with Crippen LogP contribution in [0.2, 0.25) is 5.02 Å². The number of nitrogens with zero attached hydrogens (tertiary/aromatic N) is 3. The molecular weight excluding hydrogens is 400 g/mol. The highest BCUT2D eigenvalue weighted by molar-refractivity contribution is 6.31. The summed E-state index contributed by atoms with van der Waals surface area (Å²) in [6, 6.07) is 16.0. The molecule has 1 atom stereocenters. The van der Waals surface area contributed by atoms with Crippen LogP contribution in [0.3, 0.4) is 0 Å². The number of para-hydroxylation sites is 2. The summed E-state index contributed by atoms with van der Waals surface area (Å²) in [4.78, 5) is 18.9. The number of carbonyl (C=O) groups excluding carboxylic acids is 1. The van der Waals surface area contributed by atoms with Crippen LogP contribution < -0.4 is 5.32 Å². The second-order valence-electron chi connectivity index (χ2n) is 8.66. The Kier molecular flexibility index (Phi) is 5.60. The van der Waals surface area contributed by atoms with E-state index in [2.05, 4.69) is 16.0 Å². The van der Waals surface area contributed by atoms with Gasteiger partial charge in [0.1, 0.15) is 5.60 Å². The molecule has 6 nitrogen and oxygen atoms in total. The molecule has 0 unspecified atom stereocenters. The fourth-order valence-electron chi connectivity index (χ4n) is 3.70. The van der Waals surface area contributed by atoms with Crippen molar-refractivity contribution in [2.75, 3.05) is 18.4 Å². The third-order valence-corrected chi connectivity index (χ3v) is 5.48. The van der Waals surface area contributed by atoms with Gasteiger partial charge in [-0.3, -0.25) is 0 Å². The van der Waals surface area contributed by atoms with Crippen LogP contribution in [-0.2, 0) is 11.3 Å². The van der Waals surface area contributed by atoms with Crippen molar-refractivity contribution < 1.29 is 9.53 Å². The number of likely N-dealkylation sites (tertiary alicyclic amines) is 1. The maximum absolute atomic E-state index is 12.4. The third-order valence-electron chi connectivity index (χ3n) is 5.11. The summed E-state index contributed by atoms with van der Waals surface area (Å²) in [7, 11) is 0. The van der Waals surface area contributed by atoms with E-state index in [9.17, 15) is 4.79 Å². The van der Waals surface area contributed by atoms with E-state index in [0.717, 1.165) is 34.0 Å². The van der Waals surface area contributed by atoms with E-state index >= 15 is 0 Å². The van der Waals surface area contributed by atoms with Gasteiger partial charge in [-0.25, -0.2) is 9.78 Å². The maximum Gasteiger partial charge on any atom is 0.410 e. The van der Waals surface area contributed by atoms with Gasteiger partial charge in [0.05, 0.1) is 17.6 Å². The molecule has 7 heteroatoms. The highest BCUT2D eigenvalue weighted by atomic mass is 35.5.